The Morgan fingerprint density at radius 3 is 2.83 bits per heavy atom. The number of fused-ring (bicyclic) bond motifs is 4. The summed E-state index contributed by atoms with van der Waals surface area (Å²) < 4.78 is 0. The fourth-order valence-corrected chi connectivity index (χ4v) is 4.45. The average molecular weight is 327 g/mol. The smallest absolute Gasteiger partial charge is 0.253 e. The van der Waals surface area contributed by atoms with Crippen LogP contribution in [-0.2, 0) is 6.54 Å². The number of thiazole rings is 1. The highest BCUT2D eigenvalue weighted by Gasteiger charge is 2.36. The van der Waals surface area contributed by atoms with E-state index in [2.05, 4.69) is 14.8 Å². The van der Waals surface area contributed by atoms with Crippen molar-refractivity contribution < 1.29 is 4.79 Å². The average Bonchev–Trinajstić information content (AvgIpc) is 2.93. The Bertz CT molecular complexity index is 658. The Kier molecular flexibility index (Phi) is 4.14. The molecule has 0 N–H and O–H groups in total. The predicted molar refractivity (Wildman–Crippen MR) is 91.4 cm³/mol. The van der Waals surface area contributed by atoms with Crippen LogP contribution in [0, 0.1) is 5.92 Å². The minimum absolute atomic E-state index is 0.179. The number of carbonyl (C=O) groups is 1. The lowest BCUT2D eigenvalue weighted by molar-refractivity contribution is 0.0736. The maximum absolute atomic E-state index is 12.8. The molecular weight excluding hydrogens is 306 g/mol. The third kappa shape index (κ3) is 3.16. The normalized spacial score (nSPS) is 24.6. The highest BCUT2D eigenvalue weighted by molar-refractivity contribution is 7.09. The second kappa shape index (κ2) is 6.42. The van der Waals surface area contributed by atoms with Crippen LogP contribution in [0.2, 0.25) is 0 Å². The van der Waals surface area contributed by atoms with E-state index in [0.29, 0.717) is 12.0 Å². The van der Waals surface area contributed by atoms with E-state index in [1.807, 2.05) is 41.9 Å². The first-order valence-corrected chi connectivity index (χ1v) is 9.14. The van der Waals surface area contributed by atoms with E-state index in [-0.39, 0.29) is 5.91 Å². The molecule has 3 aliphatic rings. The predicted octanol–water partition coefficient (Wildman–Crippen LogP) is 2.88. The van der Waals surface area contributed by atoms with Crippen LogP contribution < -0.4 is 0 Å². The van der Waals surface area contributed by atoms with Crippen LogP contribution in [-0.4, -0.2) is 46.4 Å². The second-order valence-electron chi connectivity index (χ2n) is 6.53. The molecule has 4 heterocycles. The molecule has 2 aromatic rings. The quantitative estimate of drug-likeness (QED) is 0.870. The van der Waals surface area contributed by atoms with Gasteiger partial charge in [-0.2, -0.15) is 0 Å². The molecule has 0 aliphatic carbocycles. The molecule has 3 fully saturated rings. The van der Waals surface area contributed by atoms with Crippen LogP contribution in [0.5, 0.6) is 0 Å². The van der Waals surface area contributed by atoms with E-state index in [1.54, 1.807) is 11.3 Å². The van der Waals surface area contributed by atoms with Gasteiger partial charge in [0, 0.05) is 42.8 Å². The van der Waals surface area contributed by atoms with Crippen LogP contribution >= 0.6 is 11.3 Å². The highest BCUT2D eigenvalue weighted by Crippen LogP contribution is 2.30. The highest BCUT2D eigenvalue weighted by atomic mass is 32.1. The van der Waals surface area contributed by atoms with Gasteiger partial charge in [0.05, 0.1) is 6.54 Å². The van der Waals surface area contributed by atoms with Crippen molar-refractivity contribution in [2.24, 2.45) is 5.92 Å². The van der Waals surface area contributed by atoms with Gasteiger partial charge in [-0.1, -0.05) is 18.2 Å². The molecule has 3 saturated heterocycles. The second-order valence-corrected chi connectivity index (χ2v) is 7.51. The van der Waals surface area contributed by atoms with Crippen molar-refractivity contribution in [1.29, 1.82) is 0 Å². The van der Waals surface area contributed by atoms with Crippen LogP contribution in [0.25, 0.3) is 0 Å². The van der Waals surface area contributed by atoms with Crippen molar-refractivity contribution in [3.8, 4) is 0 Å². The zero-order chi connectivity index (χ0) is 15.6. The molecule has 0 radical (unpaired) electrons. The van der Waals surface area contributed by atoms with Gasteiger partial charge in [0.2, 0.25) is 0 Å². The van der Waals surface area contributed by atoms with Crippen molar-refractivity contribution in [3.63, 3.8) is 0 Å². The van der Waals surface area contributed by atoms with Crippen molar-refractivity contribution in [2.45, 2.75) is 25.4 Å². The van der Waals surface area contributed by atoms with E-state index in [1.165, 1.54) is 17.8 Å². The standard InChI is InChI=1S/C18H21N3OS/c22-18(15-4-2-1-3-5-15)21-11-14-6-7-16(12-21)20(10-14)13-17-19-8-9-23-17/h1-5,8-9,14,16H,6-7,10-13H2/t14-,16-/m1/s1. The monoisotopic (exact) mass is 327 g/mol. The number of piperidine rings is 1. The molecule has 0 unspecified atom stereocenters. The molecule has 1 amide bonds. The van der Waals surface area contributed by atoms with E-state index in [9.17, 15) is 4.79 Å². The number of hydrogen-bond donors (Lipinski definition) is 0. The summed E-state index contributed by atoms with van der Waals surface area (Å²) in [6, 6.07) is 10.1. The first kappa shape index (κ1) is 14.8. The Hall–Kier alpha value is -1.72. The summed E-state index contributed by atoms with van der Waals surface area (Å²) >= 11 is 1.72. The fourth-order valence-electron chi connectivity index (χ4n) is 3.81. The summed E-state index contributed by atoms with van der Waals surface area (Å²) in [4.78, 5) is 21.8. The summed E-state index contributed by atoms with van der Waals surface area (Å²) in [5.74, 6) is 0.764. The van der Waals surface area contributed by atoms with Crippen molar-refractivity contribution in [1.82, 2.24) is 14.8 Å². The Labute approximate surface area is 140 Å². The molecular formula is C18H21N3OS. The minimum Gasteiger partial charge on any atom is -0.337 e. The maximum Gasteiger partial charge on any atom is 0.253 e. The molecule has 120 valence electrons. The molecule has 2 bridgehead atoms. The maximum atomic E-state index is 12.8. The first-order valence-electron chi connectivity index (χ1n) is 8.26. The SMILES string of the molecule is O=C(c1ccccc1)N1C[C@@H]2CC[C@H](C1)N(Cc1nccs1)C2. The third-order valence-electron chi connectivity index (χ3n) is 4.96. The van der Waals surface area contributed by atoms with Gasteiger partial charge in [-0.05, 0) is 30.9 Å². The molecule has 1 aromatic heterocycles. The summed E-state index contributed by atoms with van der Waals surface area (Å²) in [5, 5.41) is 3.22. The van der Waals surface area contributed by atoms with Gasteiger partial charge in [-0.15, -0.1) is 11.3 Å². The molecule has 4 nitrogen and oxygen atoms in total. The topological polar surface area (TPSA) is 36.4 Å². The lowest BCUT2D eigenvalue weighted by atomic mass is 9.95. The number of hydrogen-bond acceptors (Lipinski definition) is 4. The molecule has 1 aromatic carbocycles. The van der Waals surface area contributed by atoms with E-state index >= 15 is 0 Å². The molecule has 2 atom stereocenters. The van der Waals surface area contributed by atoms with Crippen molar-refractivity contribution in [3.05, 3.63) is 52.5 Å². The number of amides is 1. The molecule has 5 rings (SSSR count). The Morgan fingerprint density at radius 1 is 1.17 bits per heavy atom. The largest absolute Gasteiger partial charge is 0.337 e. The first-order chi connectivity index (χ1) is 11.3. The van der Waals surface area contributed by atoms with E-state index in [0.717, 1.165) is 31.7 Å². The third-order valence-corrected chi connectivity index (χ3v) is 5.72. The number of carbonyl (C=O) groups excluding carboxylic acids is 1. The van der Waals surface area contributed by atoms with E-state index < -0.39 is 0 Å². The van der Waals surface area contributed by atoms with Gasteiger partial charge in [0.1, 0.15) is 5.01 Å². The molecule has 0 saturated carbocycles. The Morgan fingerprint density at radius 2 is 2.04 bits per heavy atom. The Balaban J connectivity index is 1.50. The van der Waals surface area contributed by atoms with Gasteiger partial charge >= 0.3 is 0 Å². The van der Waals surface area contributed by atoms with Gasteiger partial charge in [0.15, 0.2) is 0 Å². The zero-order valence-corrected chi connectivity index (χ0v) is 13.9. The molecule has 3 aliphatic heterocycles. The lowest BCUT2D eigenvalue weighted by Crippen LogP contribution is -2.43. The van der Waals surface area contributed by atoms with Gasteiger partial charge < -0.3 is 4.90 Å². The van der Waals surface area contributed by atoms with Gasteiger partial charge in [-0.25, -0.2) is 4.98 Å². The van der Waals surface area contributed by atoms with Crippen LogP contribution in [0.1, 0.15) is 28.2 Å². The lowest BCUT2D eigenvalue weighted by Gasteiger charge is -2.35. The minimum atomic E-state index is 0.179. The molecule has 0 spiro atoms. The number of nitrogens with zero attached hydrogens (tertiary/aromatic N) is 3. The summed E-state index contributed by atoms with van der Waals surface area (Å²) in [5.41, 5.74) is 0.806. The van der Waals surface area contributed by atoms with E-state index in [4.69, 9.17) is 0 Å². The van der Waals surface area contributed by atoms with Crippen LogP contribution in [0.4, 0.5) is 0 Å². The number of benzene rings is 1. The van der Waals surface area contributed by atoms with Crippen LogP contribution in [0.3, 0.4) is 0 Å². The van der Waals surface area contributed by atoms with Crippen molar-refractivity contribution in [2.75, 3.05) is 19.6 Å². The van der Waals surface area contributed by atoms with Crippen LogP contribution in [0.15, 0.2) is 41.9 Å². The molecule has 5 heteroatoms. The number of aromatic nitrogens is 1. The summed E-state index contributed by atoms with van der Waals surface area (Å²) in [6.45, 7) is 3.74. The molecule has 23 heavy (non-hydrogen) atoms. The zero-order valence-electron chi connectivity index (χ0n) is 13.1. The van der Waals surface area contributed by atoms with Gasteiger partial charge in [-0.3, -0.25) is 9.69 Å². The van der Waals surface area contributed by atoms with Crippen molar-refractivity contribution >= 4 is 17.2 Å². The van der Waals surface area contributed by atoms with Gasteiger partial charge in [0.25, 0.3) is 5.91 Å². The number of rotatable bonds is 3. The summed E-state index contributed by atoms with van der Waals surface area (Å²) in [7, 11) is 0. The fraction of sp³-hybridized carbons (Fsp3) is 0.444. The summed E-state index contributed by atoms with van der Waals surface area (Å²) in [6.07, 6.45) is 4.30.